The summed E-state index contributed by atoms with van der Waals surface area (Å²) in [5, 5.41) is 8.11. The first-order valence-corrected chi connectivity index (χ1v) is 6.28. The van der Waals surface area contributed by atoms with E-state index in [1.54, 1.807) is 13.8 Å². The van der Waals surface area contributed by atoms with Crippen LogP contribution in [0.4, 0.5) is 0 Å². The third kappa shape index (κ3) is 2.69. The second-order valence-corrected chi connectivity index (χ2v) is 7.40. The molecule has 0 aliphatic carbocycles. The van der Waals surface area contributed by atoms with Crippen molar-refractivity contribution in [3.63, 3.8) is 0 Å². The summed E-state index contributed by atoms with van der Waals surface area (Å²) in [5.74, 6) is 0. The number of hydrogen-bond acceptors (Lipinski definition) is 4. The molecule has 0 aromatic rings. The standard InChI is InChI=1S/C7H16NO4P/c1-5-13(11,6-2)7(3,4)12-8(9)10/h5-6H2,1-4H3. The van der Waals surface area contributed by atoms with Gasteiger partial charge in [-0.1, -0.05) is 13.8 Å². The summed E-state index contributed by atoms with van der Waals surface area (Å²) in [7, 11) is -2.60. The summed E-state index contributed by atoms with van der Waals surface area (Å²) >= 11 is 0. The van der Waals surface area contributed by atoms with E-state index in [2.05, 4.69) is 4.84 Å². The van der Waals surface area contributed by atoms with Gasteiger partial charge in [0.15, 0.2) is 5.34 Å². The Bertz CT molecular complexity index is 231. The molecule has 0 atom stereocenters. The van der Waals surface area contributed by atoms with Gasteiger partial charge in [0.25, 0.3) is 5.09 Å². The van der Waals surface area contributed by atoms with Crippen LogP contribution in [-0.4, -0.2) is 22.8 Å². The Morgan fingerprint density at radius 2 is 1.77 bits per heavy atom. The zero-order valence-corrected chi connectivity index (χ0v) is 9.34. The van der Waals surface area contributed by atoms with E-state index in [1.807, 2.05) is 0 Å². The largest absolute Gasteiger partial charge is 0.321 e. The molecule has 0 aromatic carbocycles. The van der Waals surface area contributed by atoms with E-state index in [4.69, 9.17) is 0 Å². The van der Waals surface area contributed by atoms with Crippen molar-refractivity contribution in [2.45, 2.75) is 33.0 Å². The minimum absolute atomic E-state index is 0.421. The first-order valence-electron chi connectivity index (χ1n) is 4.20. The van der Waals surface area contributed by atoms with Gasteiger partial charge in [0.1, 0.15) is 7.14 Å². The van der Waals surface area contributed by atoms with Crippen molar-refractivity contribution in [2.24, 2.45) is 0 Å². The maximum atomic E-state index is 12.1. The van der Waals surface area contributed by atoms with Crippen molar-refractivity contribution in [3.05, 3.63) is 10.1 Å². The van der Waals surface area contributed by atoms with Crippen LogP contribution in [0.25, 0.3) is 0 Å². The Labute approximate surface area is 77.9 Å². The average Bonchev–Trinajstić information content (AvgIpc) is 2.00. The first kappa shape index (κ1) is 12.4. The normalized spacial score (nSPS) is 12.6. The van der Waals surface area contributed by atoms with E-state index in [-0.39, 0.29) is 0 Å². The molecular weight excluding hydrogens is 193 g/mol. The van der Waals surface area contributed by atoms with Crippen molar-refractivity contribution < 1.29 is 14.5 Å². The zero-order chi connectivity index (χ0) is 10.7. The predicted octanol–water partition coefficient (Wildman–Crippen LogP) is 2.33. The Hall–Kier alpha value is -0.570. The van der Waals surface area contributed by atoms with E-state index in [0.29, 0.717) is 12.3 Å². The van der Waals surface area contributed by atoms with Gasteiger partial charge in [-0.25, -0.2) is 0 Å². The molecular formula is C7H16NO4P. The van der Waals surface area contributed by atoms with Gasteiger partial charge >= 0.3 is 0 Å². The molecule has 0 aliphatic heterocycles. The Kier molecular flexibility index (Phi) is 3.91. The van der Waals surface area contributed by atoms with Gasteiger partial charge in [0, 0.05) is 12.3 Å². The van der Waals surface area contributed by atoms with Gasteiger partial charge in [0.2, 0.25) is 0 Å². The molecule has 0 radical (unpaired) electrons. The van der Waals surface area contributed by atoms with Gasteiger partial charge in [0.05, 0.1) is 0 Å². The molecule has 5 nitrogen and oxygen atoms in total. The lowest BCUT2D eigenvalue weighted by Crippen LogP contribution is -2.29. The quantitative estimate of drug-likeness (QED) is 0.396. The monoisotopic (exact) mass is 209 g/mol. The van der Waals surface area contributed by atoms with Crippen LogP contribution in [0.2, 0.25) is 0 Å². The fraction of sp³-hybridized carbons (Fsp3) is 1.00. The number of nitrogens with zero attached hydrogens (tertiary/aromatic N) is 1. The lowest BCUT2D eigenvalue weighted by Gasteiger charge is -2.30. The van der Waals surface area contributed by atoms with E-state index in [9.17, 15) is 14.7 Å². The predicted molar refractivity (Wildman–Crippen MR) is 50.8 cm³/mol. The first-order chi connectivity index (χ1) is 5.79. The molecule has 78 valence electrons. The molecule has 0 amide bonds. The average molecular weight is 209 g/mol. The Balaban J connectivity index is 4.78. The molecule has 0 saturated carbocycles. The number of hydrogen-bond donors (Lipinski definition) is 0. The van der Waals surface area contributed by atoms with Crippen LogP contribution >= 0.6 is 7.14 Å². The molecule has 0 unspecified atom stereocenters. The molecule has 0 saturated heterocycles. The minimum Gasteiger partial charge on any atom is -0.321 e. The lowest BCUT2D eigenvalue weighted by atomic mass is 10.5. The van der Waals surface area contributed by atoms with E-state index in [0.717, 1.165) is 0 Å². The van der Waals surface area contributed by atoms with Crippen LogP contribution in [0.1, 0.15) is 27.7 Å². The van der Waals surface area contributed by atoms with Gasteiger partial charge in [-0.05, 0) is 13.8 Å². The highest BCUT2D eigenvalue weighted by molar-refractivity contribution is 7.65. The minimum atomic E-state index is -2.60. The molecule has 6 heteroatoms. The summed E-state index contributed by atoms with van der Waals surface area (Å²) in [6.07, 6.45) is 0.842. The van der Waals surface area contributed by atoms with E-state index < -0.39 is 17.6 Å². The molecule has 0 aromatic heterocycles. The third-order valence-electron chi connectivity index (χ3n) is 2.30. The molecule has 0 N–H and O–H groups in total. The van der Waals surface area contributed by atoms with Gasteiger partial charge in [-0.2, -0.15) is 0 Å². The van der Waals surface area contributed by atoms with E-state index >= 15 is 0 Å². The lowest BCUT2D eigenvalue weighted by molar-refractivity contribution is -0.771. The summed E-state index contributed by atoms with van der Waals surface area (Å²) in [4.78, 5) is 14.6. The molecule has 0 spiro atoms. The Morgan fingerprint density at radius 3 is 2.00 bits per heavy atom. The SMILES string of the molecule is CCP(=O)(CC)C(C)(C)O[N+](=O)[O-]. The zero-order valence-electron chi connectivity index (χ0n) is 8.44. The van der Waals surface area contributed by atoms with Crippen LogP contribution in [0.5, 0.6) is 0 Å². The highest BCUT2D eigenvalue weighted by atomic mass is 31.2. The fourth-order valence-electron chi connectivity index (χ4n) is 1.24. The highest BCUT2D eigenvalue weighted by Crippen LogP contribution is 2.57. The number of rotatable bonds is 5. The molecule has 0 rings (SSSR count). The summed E-state index contributed by atoms with van der Waals surface area (Å²) in [6, 6.07) is 0. The van der Waals surface area contributed by atoms with Crippen LogP contribution in [0.15, 0.2) is 0 Å². The summed E-state index contributed by atoms with van der Waals surface area (Å²) < 4.78 is 12.1. The summed E-state index contributed by atoms with van der Waals surface area (Å²) in [6.45, 7) is 6.53. The van der Waals surface area contributed by atoms with Crippen LogP contribution in [0.3, 0.4) is 0 Å². The molecule has 0 bridgehead atoms. The fourth-order valence-corrected chi connectivity index (χ4v) is 3.43. The van der Waals surface area contributed by atoms with E-state index in [1.165, 1.54) is 13.8 Å². The van der Waals surface area contributed by atoms with Crippen molar-refractivity contribution >= 4 is 7.14 Å². The second kappa shape index (κ2) is 4.09. The summed E-state index contributed by atoms with van der Waals surface area (Å²) in [5.41, 5.74) is 0. The molecule has 0 fully saturated rings. The van der Waals surface area contributed by atoms with Gasteiger partial charge in [-0.15, -0.1) is 10.1 Å². The molecule has 13 heavy (non-hydrogen) atoms. The van der Waals surface area contributed by atoms with Crippen LogP contribution in [0, 0.1) is 10.1 Å². The third-order valence-corrected chi connectivity index (χ3v) is 6.39. The van der Waals surface area contributed by atoms with Crippen molar-refractivity contribution in [1.29, 1.82) is 0 Å². The van der Waals surface area contributed by atoms with Gasteiger partial charge < -0.3 is 9.40 Å². The van der Waals surface area contributed by atoms with Crippen LogP contribution < -0.4 is 0 Å². The second-order valence-electron chi connectivity index (χ2n) is 3.28. The molecule has 0 aliphatic rings. The van der Waals surface area contributed by atoms with Crippen molar-refractivity contribution in [2.75, 3.05) is 12.3 Å². The highest BCUT2D eigenvalue weighted by Gasteiger charge is 2.40. The Morgan fingerprint density at radius 1 is 1.38 bits per heavy atom. The molecule has 0 heterocycles. The smallest absolute Gasteiger partial charge is 0.295 e. The maximum absolute atomic E-state index is 12.1. The van der Waals surface area contributed by atoms with Crippen molar-refractivity contribution in [1.82, 2.24) is 0 Å². The van der Waals surface area contributed by atoms with Crippen molar-refractivity contribution in [3.8, 4) is 0 Å². The topological polar surface area (TPSA) is 69.4 Å². The van der Waals surface area contributed by atoms with Gasteiger partial charge in [-0.3, -0.25) is 0 Å². The maximum Gasteiger partial charge on any atom is 0.295 e. The van der Waals surface area contributed by atoms with Crippen LogP contribution in [-0.2, 0) is 9.40 Å².